The Morgan fingerprint density at radius 1 is 1.23 bits per heavy atom. The molecule has 2 aliphatic heterocycles. The van der Waals surface area contributed by atoms with E-state index < -0.39 is 11.4 Å². The van der Waals surface area contributed by atoms with Crippen LogP contribution in [0.4, 0.5) is 4.39 Å². The predicted octanol–water partition coefficient (Wildman–Crippen LogP) is 1.90. The molecule has 0 unspecified atom stereocenters. The Bertz CT molecular complexity index is 1570. The Labute approximate surface area is 204 Å². The molecular formula is C25H26FN5O3S. The molecule has 8 nitrogen and oxygen atoms in total. The maximum absolute atomic E-state index is 14.8. The monoisotopic (exact) mass is 495 g/mol. The smallest absolute Gasteiger partial charge is 0.307 e. The van der Waals surface area contributed by atoms with Gasteiger partial charge in [0.25, 0.3) is 5.56 Å². The van der Waals surface area contributed by atoms with Crippen LogP contribution < -0.4 is 15.7 Å². The van der Waals surface area contributed by atoms with Crippen molar-refractivity contribution in [3.8, 4) is 0 Å². The minimum absolute atomic E-state index is 0.0351. The van der Waals surface area contributed by atoms with Gasteiger partial charge in [0.15, 0.2) is 0 Å². The summed E-state index contributed by atoms with van der Waals surface area (Å²) in [5.74, 6) is -0.575. The van der Waals surface area contributed by atoms with E-state index >= 15 is 0 Å². The summed E-state index contributed by atoms with van der Waals surface area (Å²) < 4.78 is 18.9. The molecule has 182 valence electrons. The highest BCUT2D eigenvalue weighted by molar-refractivity contribution is 7.16. The maximum atomic E-state index is 14.8. The Morgan fingerprint density at radius 3 is 2.83 bits per heavy atom. The van der Waals surface area contributed by atoms with Crippen LogP contribution in [-0.2, 0) is 25.7 Å². The van der Waals surface area contributed by atoms with E-state index in [1.807, 2.05) is 6.07 Å². The molecule has 1 saturated heterocycles. The summed E-state index contributed by atoms with van der Waals surface area (Å²) >= 11 is 1.26. The molecule has 0 bridgehead atoms. The third kappa shape index (κ3) is 3.81. The highest BCUT2D eigenvalue weighted by Crippen LogP contribution is 2.38. The lowest BCUT2D eigenvalue weighted by atomic mass is 9.93. The lowest BCUT2D eigenvalue weighted by Gasteiger charge is -2.37. The average Bonchev–Trinajstić information content (AvgIpc) is 3.31. The SMILES string of the molecule is Cn1c(=O)sc2cc(CNC3CCN(C[C@]4(O)Cn5c(=O)ccc6ncc(F)c4c65)CC3)ccc21. The molecule has 3 aromatic heterocycles. The van der Waals surface area contributed by atoms with Gasteiger partial charge in [-0.3, -0.25) is 19.5 Å². The lowest BCUT2D eigenvalue weighted by molar-refractivity contribution is -0.0159. The van der Waals surface area contributed by atoms with Gasteiger partial charge in [-0.05, 0) is 49.7 Å². The van der Waals surface area contributed by atoms with E-state index in [0.717, 1.165) is 54.5 Å². The molecule has 0 saturated carbocycles. The highest BCUT2D eigenvalue weighted by atomic mass is 32.1. The summed E-state index contributed by atoms with van der Waals surface area (Å²) in [4.78, 5) is 30.5. The van der Waals surface area contributed by atoms with Crippen molar-refractivity contribution in [2.24, 2.45) is 7.05 Å². The van der Waals surface area contributed by atoms with E-state index in [4.69, 9.17) is 0 Å². The fourth-order valence-corrected chi connectivity index (χ4v) is 6.47. The number of hydrogen-bond donors (Lipinski definition) is 2. The van der Waals surface area contributed by atoms with Crippen molar-refractivity contribution in [1.29, 1.82) is 0 Å². The fourth-order valence-electron chi connectivity index (χ4n) is 5.52. The van der Waals surface area contributed by atoms with Gasteiger partial charge in [0, 0.05) is 32.2 Å². The number of rotatable bonds is 5. The molecule has 35 heavy (non-hydrogen) atoms. The van der Waals surface area contributed by atoms with E-state index in [1.54, 1.807) is 17.7 Å². The number of aromatic nitrogens is 3. The first-order valence-electron chi connectivity index (χ1n) is 11.8. The van der Waals surface area contributed by atoms with Gasteiger partial charge in [0.2, 0.25) is 0 Å². The molecule has 2 N–H and O–H groups in total. The van der Waals surface area contributed by atoms with E-state index in [-0.39, 0.29) is 29.1 Å². The van der Waals surface area contributed by atoms with Crippen molar-refractivity contribution in [2.45, 2.75) is 37.6 Å². The van der Waals surface area contributed by atoms with Crippen LogP contribution in [0.3, 0.4) is 0 Å². The topological polar surface area (TPSA) is 92.4 Å². The molecule has 6 rings (SSSR count). The molecule has 0 radical (unpaired) electrons. The zero-order chi connectivity index (χ0) is 24.3. The number of fused-ring (bicyclic) bond motifs is 1. The maximum Gasteiger partial charge on any atom is 0.307 e. The number of nitrogens with one attached hydrogen (secondary N) is 1. The van der Waals surface area contributed by atoms with Gasteiger partial charge in [-0.15, -0.1) is 0 Å². The second-order valence-electron chi connectivity index (χ2n) is 9.66. The largest absolute Gasteiger partial charge is 0.382 e. The van der Waals surface area contributed by atoms with Gasteiger partial charge < -0.3 is 19.6 Å². The number of β-amino-alcohol motifs (C(OH)–C–C–N with tert-alkyl or cyclic N) is 1. The molecule has 1 aromatic carbocycles. The second-order valence-corrected chi connectivity index (χ2v) is 10.7. The lowest BCUT2D eigenvalue weighted by Crippen LogP contribution is -2.48. The second kappa shape index (κ2) is 8.34. The van der Waals surface area contributed by atoms with Crippen LogP contribution in [0, 0.1) is 5.82 Å². The van der Waals surface area contributed by atoms with Crippen LogP contribution in [0.1, 0.15) is 24.0 Å². The van der Waals surface area contributed by atoms with E-state index in [0.29, 0.717) is 17.1 Å². The molecule has 0 spiro atoms. The third-order valence-electron chi connectivity index (χ3n) is 7.36. The first kappa shape index (κ1) is 22.5. The molecule has 2 aliphatic rings. The number of pyridine rings is 2. The van der Waals surface area contributed by atoms with Gasteiger partial charge in [-0.25, -0.2) is 4.39 Å². The molecule has 1 atom stereocenters. The molecule has 0 amide bonds. The number of piperidine rings is 1. The summed E-state index contributed by atoms with van der Waals surface area (Å²) in [6.45, 7) is 2.55. The van der Waals surface area contributed by atoms with Crippen molar-refractivity contribution in [3.05, 3.63) is 73.5 Å². The van der Waals surface area contributed by atoms with Crippen LogP contribution in [0.25, 0.3) is 21.3 Å². The van der Waals surface area contributed by atoms with Gasteiger partial charge in [0.05, 0.1) is 39.6 Å². The molecule has 10 heteroatoms. The number of aryl methyl sites for hydroxylation is 1. The van der Waals surface area contributed by atoms with Crippen LogP contribution in [0.15, 0.2) is 46.1 Å². The Morgan fingerprint density at radius 2 is 2.03 bits per heavy atom. The van der Waals surface area contributed by atoms with Crippen LogP contribution in [0.2, 0.25) is 0 Å². The van der Waals surface area contributed by atoms with Crippen molar-refractivity contribution in [2.75, 3.05) is 19.6 Å². The summed E-state index contributed by atoms with van der Waals surface area (Å²) in [5, 5.41) is 15.1. The summed E-state index contributed by atoms with van der Waals surface area (Å²) in [7, 11) is 1.79. The van der Waals surface area contributed by atoms with Gasteiger partial charge in [-0.2, -0.15) is 0 Å². The van der Waals surface area contributed by atoms with Gasteiger partial charge in [0.1, 0.15) is 11.4 Å². The molecule has 0 aliphatic carbocycles. The molecule has 1 fully saturated rings. The Balaban J connectivity index is 1.10. The van der Waals surface area contributed by atoms with Crippen LogP contribution in [-0.4, -0.2) is 49.8 Å². The number of thiazole rings is 1. The first-order valence-corrected chi connectivity index (χ1v) is 12.6. The standard InChI is InChI=1S/C25H26FN5O3S/c1-29-19-4-2-15(10-20(19)35-24(29)33)11-27-16-6-8-30(9-7-16)13-25(34)14-31-21(32)5-3-18-23(31)22(25)17(26)12-28-18/h2-5,10,12,16,27,34H,6-9,11,13-14H2,1H3/t25-/m0/s1. The quantitative estimate of drug-likeness (QED) is 0.440. The summed E-state index contributed by atoms with van der Waals surface area (Å²) in [6.07, 6.45) is 2.93. The van der Waals surface area contributed by atoms with Crippen molar-refractivity contribution in [3.63, 3.8) is 0 Å². The molecule has 5 heterocycles. The molecule has 4 aromatic rings. The van der Waals surface area contributed by atoms with Crippen molar-refractivity contribution >= 4 is 32.6 Å². The molecular weight excluding hydrogens is 469 g/mol. The van der Waals surface area contributed by atoms with E-state index in [9.17, 15) is 19.1 Å². The number of hydrogen-bond acceptors (Lipinski definition) is 7. The minimum atomic E-state index is -1.47. The minimum Gasteiger partial charge on any atom is -0.382 e. The van der Waals surface area contributed by atoms with Gasteiger partial charge >= 0.3 is 4.87 Å². The summed E-state index contributed by atoms with van der Waals surface area (Å²) in [5.41, 5.74) is 1.46. The zero-order valence-electron chi connectivity index (χ0n) is 19.3. The fraction of sp³-hybridized carbons (Fsp3) is 0.400. The van der Waals surface area contributed by atoms with Crippen molar-refractivity contribution in [1.82, 2.24) is 24.3 Å². The highest BCUT2D eigenvalue weighted by Gasteiger charge is 2.43. The Kier molecular flexibility index (Phi) is 5.37. The number of nitrogens with zero attached hydrogens (tertiary/aromatic N) is 4. The number of benzene rings is 1. The average molecular weight is 496 g/mol. The normalized spacial score (nSPS) is 20.9. The first-order chi connectivity index (χ1) is 16.8. The number of aliphatic hydroxyl groups is 1. The number of likely N-dealkylation sites (tertiary alicyclic amines) is 1. The zero-order valence-corrected chi connectivity index (χ0v) is 20.1. The predicted molar refractivity (Wildman–Crippen MR) is 133 cm³/mol. The van der Waals surface area contributed by atoms with E-state index in [1.165, 1.54) is 22.0 Å². The third-order valence-corrected chi connectivity index (χ3v) is 8.36. The van der Waals surface area contributed by atoms with E-state index in [2.05, 4.69) is 27.3 Å². The summed E-state index contributed by atoms with van der Waals surface area (Å²) in [6, 6.07) is 9.44. The number of halogens is 1. The van der Waals surface area contributed by atoms with Gasteiger partial charge in [-0.1, -0.05) is 17.4 Å². The van der Waals surface area contributed by atoms with Crippen molar-refractivity contribution < 1.29 is 9.50 Å². The van der Waals surface area contributed by atoms with Crippen LogP contribution >= 0.6 is 11.3 Å². The Hall–Kier alpha value is -2.92. The van der Waals surface area contributed by atoms with Crippen LogP contribution in [0.5, 0.6) is 0 Å².